The van der Waals surface area contributed by atoms with Gasteiger partial charge in [-0.15, -0.1) is 0 Å². The number of hydrogen-bond acceptors (Lipinski definition) is 3. The first-order chi connectivity index (χ1) is 13.6. The Balaban J connectivity index is 1.85. The van der Waals surface area contributed by atoms with Crippen molar-refractivity contribution in [2.75, 3.05) is 5.32 Å². The molecule has 0 aliphatic heterocycles. The lowest BCUT2D eigenvalue weighted by Gasteiger charge is -2.13. The van der Waals surface area contributed by atoms with E-state index in [1.807, 2.05) is 0 Å². The van der Waals surface area contributed by atoms with E-state index in [9.17, 15) is 26.7 Å². The van der Waals surface area contributed by atoms with Crippen molar-refractivity contribution >= 4 is 11.6 Å². The Morgan fingerprint density at radius 1 is 1.24 bits per heavy atom. The molecule has 0 unspecified atom stereocenters. The Hall–Kier alpha value is -2.65. The van der Waals surface area contributed by atoms with Crippen molar-refractivity contribution in [3.63, 3.8) is 0 Å². The molecule has 3 rings (SSSR count). The van der Waals surface area contributed by atoms with Crippen LogP contribution in [0, 0.1) is 6.92 Å². The molecule has 0 radical (unpaired) electrons. The predicted octanol–water partition coefficient (Wildman–Crippen LogP) is 4.72. The molecule has 1 heterocycles. The largest absolute Gasteiger partial charge is 0.435 e. The van der Waals surface area contributed by atoms with Gasteiger partial charge in [0.2, 0.25) is 5.91 Å². The van der Waals surface area contributed by atoms with Crippen molar-refractivity contribution in [2.45, 2.75) is 58.4 Å². The van der Waals surface area contributed by atoms with Gasteiger partial charge in [-0.3, -0.25) is 9.48 Å². The van der Waals surface area contributed by atoms with Crippen molar-refractivity contribution in [3.8, 4) is 5.75 Å². The Bertz CT molecular complexity index is 893. The van der Waals surface area contributed by atoms with Crippen LogP contribution in [0.5, 0.6) is 5.75 Å². The molecule has 1 amide bonds. The van der Waals surface area contributed by atoms with Gasteiger partial charge in [0.25, 0.3) is 0 Å². The molecule has 29 heavy (non-hydrogen) atoms. The highest BCUT2D eigenvalue weighted by Gasteiger charge is 2.39. The predicted molar refractivity (Wildman–Crippen MR) is 94.9 cm³/mol. The SMILES string of the molecule is Cc1ccc(OC(F)F)c(NC(=O)Cn2nc(C(F)(F)F)c3c2CCCCC3)c1. The number of ether oxygens (including phenoxy) is 1. The summed E-state index contributed by atoms with van der Waals surface area (Å²) in [5, 5.41) is 6.09. The molecule has 1 N–H and O–H groups in total. The average molecular weight is 417 g/mol. The summed E-state index contributed by atoms with van der Waals surface area (Å²) in [6.07, 6.45) is -1.81. The summed E-state index contributed by atoms with van der Waals surface area (Å²) < 4.78 is 70.7. The van der Waals surface area contributed by atoms with Gasteiger partial charge in [-0.25, -0.2) is 0 Å². The summed E-state index contributed by atoms with van der Waals surface area (Å²) in [6.45, 7) is -1.84. The van der Waals surface area contributed by atoms with Crippen molar-refractivity contribution in [1.29, 1.82) is 0 Å². The van der Waals surface area contributed by atoms with Gasteiger partial charge < -0.3 is 10.1 Å². The van der Waals surface area contributed by atoms with E-state index in [0.29, 0.717) is 30.5 Å². The van der Waals surface area contributed by atoms with E-state index in [1.54, 1.807) is 6.92 Å². The fraction of sp³-hybridized carbons (Fsp3) is 0.474. The van der Waals surface area contributed by atoms with E-state index in [-0.39, 0.29) is 23.4 Å². The van der Waals surface area contributed by atoms with Gasteiger partial charge >= 0.3 is 12.8 Å². The number of anilines is 1. The van der Waals surface area contributed by atoms with Gasteiger partial charge in [-0.2, -0.15) is 27.1 Å². The number of benzene rings is 1. The first-order valence-corrected chi connectivity index (χ1v) is 9.16. The summed E-state index contributed by atoms with van der Waals surface area (Å²) in [4.78, 5) is 12.5. The summed E-state index contributed by atoms with van der Waals surface area (Å²) in [5.41, 5.74) is 0.289. The lowest BCUT2D eigenvalue weighted by atomic mass is 10.1. The minimum absolute atomic E-state index is 0.0181. The van der Waals surface area contributed by atoms with Crippen LogP contribution in [0.1, 0.15) is 41.8 Å². The molecule has 5 nitrogen and oxygen atoms in total. The summed E-state index contributed by atoms with van der Waals surface area (Å²) in [5.74, 6) is -0.910. The zero-order chi connectivity index (χ0) is 21.2. The van der Waals surface area contributed by atoms with E-state index in [4.69, 9.17) is 0 Å². The number of nitrogens with one attached hydrogen (secondary N) is 1. The fourth-order valence-electron chi connectivity index (χ4n) is 3.47. The van der Waals surface area contributed by atoms with Crippen LogP contribution in [0.4, 0.5) is 27.6 Å². The number of amides is 1. The highest BCUT2D eigenvalue weighted by Crippen LogP contribution is 2.35. The third kappa shape index (κ3) is 5.04. The summed E-state index contributed by atoms with van der Waals surface area (Å²) in [6, 6.07) is 4.27. The zero-order valence-corrected chi connectivity index (χ0v) is 15.7. The number of hydrogen-bond donors (Lipinski definition) is 1. The summed E-state index contributed by atoms with van der Waals surface area (Å²) in [7, 11) is 0. The number of carbonyl (C=O) groups excluding carboxylic acids is 1. The standard InChI is InChI=1S/C19H20F5N3O2/c1-11-7-8-15(29-18(20)21)13(9-11)25-16(28)10-27-14-6-4-2-3-5-12(14)17(26-27)19(22,23)24/h7-9,18H,2-6,10H2,1H3,(H,25,28). The molecular formula is C19H20F5N3O2. The minimum atomic E-state index is -4.61. The molecular weight excluding hydrogens is 397 g/mol. The molecule has 2 aromatic rings. The molecule has 0 saturated carbocycles. The van der Waals surface area contributed by atoms with Crippen LogP contribution in [-0.4, -0.2) is 22.3 Å². The second-order valence-corrected chi connectivity index (χ2v) is 6.92. The Labute approximate surface area is 163 Å². The van der Waals surface area contributed by atoms with E-state index in [0.717, 1.165) is 11.1 Å². The number of rotatable bonds is 5. The van der Waals surface area contributed by atoms with E-state index < -0.39 is 30.9 Å². The molecule has 1 aliphatic rings. The number of aryl methyl sites for hydroxylation is 1. The van der Waals surface area contributed by atoms with Crippen molar-refractivity contribution in [3.05, 3.63) is 40.7 Å². The van der Waals surface area contributed by atoms with Crippen LogP contribution in [0.3, 0.4) is 0 Å². The maximum Gasteiger partial charge on any atom is 0.435 e. The van der Waals surface area contributed by atoms with Crippen LogP contribution in [-0.2, 0) is 30.4 Å². The first kappa shape index (κ1) is 21.1. The van der Waals surface area contributed by atoms with Gasteiger partial charge in [-0.05, 0) is 50.3 Å². The molecule has 1 aromatic carbocycles. The average Bonchev–Trinajstić information content (AvgIpc) is 2.79. The van der Waals surface area contributed by atoms with E-state index >= 15 is 0 Å². The smallest absolute Gasteiger partial charge is 0.433 e. The van der Waals surface area contributed by atoms with Crippen LogP contribution in [0.15, 0.2) is 18.2 Å². The molecule has 0 fully saturated rings. The van der Waals surface area contributed by atoms with Crippen LogP contribution in [0.2, 0.25) is 0 Å². The second-order valence-electron chi connectivity index (χ2n) is 6.92. The number of nitrogens with zero attached hydrogens (tertiary/aromatic N) is 2. The Morgan fingerprint density at radius 2 is 1.97 bits per heavy atom. The maximum atomic E-state index is 13.4. The van der Waals surface area contributed by atoms with Gasteiger partial charge in [0, 0.05) is 11.3 Å². The molecule has 0 spiro atoms. The highest BCUT2D eigenvalue weighted by atomic mass is 19.4. The van der Waals surface area contributed by atoms with Crippen LogP contribution >= 0.6 is 0 Å². The minimum Gasteiger partial charge on any atom is -0.433 e. The lowest BCUT2D eigenvalue weighted by molar-refractivity contribution is -0.142. The second kappa shape index (κ2) is 8.38. The maximum absolute atomic E-state index is 13.4. The van der Waals surface area contributed by atoms with Crippen molar-refractivity contribution in [1.82, 2.24) is 9.78 Å². The Kier molecular flexibility index (Phi) is 6.09. The normalized spacial score (nSPS) is 14.4. The monoisotopic (exact) mass is 417 g/mol. The number of carbonyl (C=O) groups is 1. The zero-order valence-electron chi connectivity index (χ0n) is 15.7. The molecule has 10 heteroatoms. The van der Waals surface area contributed by atoms with Gasteiger partial charge in [0.15, 0.2) is 5.69 Å². The molecule has 0 saturated heterocycles. The Morgan fingerprint density at radius 3 is 2.66 bits per heavy atom. The number of fused-ring (bicyclic) bond motifs is 1. The third-order valence-corrected chi connectivity index (χ3v) is 4.69. The fourth-order valence-corrected chi connectivity index (χ4v) is 3.47. The van der Waals surface area contributed by atoms with Crippen molar-refractivity contribution < 1.29 is 31.5 Å². The number of alkyl halides is 5. The molecule has 1 aromatic heterocycles. The van der Waals surface area contributed by atoms with Gasteiger partial charge in [0.1, 0.15) is 12.3 Å². The highest BCUT2D eigenvalue weighted by molar-refractivity contribution is 5.92. The third-order valence-electron chi connectivity index (χ3n) is 4.69. The van der Waals surface area contributed by atoms with Crippen LogP contribution in [0.25, 0.3) is 0 Å². The van der Waals surface area contributed by atoms with Gasteiger partial charge in [0.05, 0.1) is 5.69 Å². The quantitative estimate of drug-likeness (QED) is 0.566. The molecule has 1 aliphatic carbocycles. The summed E-state index contributed by atoms with van der Waals surface area (Å²) >= 11 is 0. The number of halogens is 5. The van der Waals surface area contributed by atoms with Gasteiger partial charge in [-0.1, -0.05) is 12.5 Å². The topological polar surface area (TPSA) is 56.1 Å². The lowest BCUT2D eigenvalue weighted by Crippen LogP contribution is -2.22. The van der Waals surface area contributed by atoms with E-state index in [2.05, 4.69) is 15.2 Å². The molecule has 0 atom stereocenters. The first-order valence-electron chi connectivity index (χ1n) is 9.16. The van der Waals surface area contributed by atoms with Crippen molar-refractivity contribution in [2.24, 2.45) is 0 Å². The molecule has 0 bridgehead atoms. The number of aromatic nitrogens is 2. The van der Waals surface area contributed by atoms with E-state index in [1.165, 1.54) is 18.2 Å². The van der Waals surface area contributed by atoms with Crippen LogP contribution < -0.4 is 10.1 Å². The molecule has 158 valence electrons.